The molecule has 2 aliphatic carbocycles. The lowest BCUT2D eigenvalue weighted by Gasteiger charge is -2.20. The van der Waals surface area contributed by atoms with Gasteiger partial charge in [0.15, 0.2) is 0 Å². The van der Waals surface area contributed by atoms with Crippen LogP contribution in [0.1, 0.15) is 137 Å². The van der Waals surface area contributed by atoms with Crippen molar-refractivity contribution in [3.8, 4) is 0 Å². The average molecular weight is 1050 g/mol. The number of hydrogen-bond acceptors (Lipinski definition) is 18. The quantitative estimate of drug-likeness (QED) is 0.0352. The van der Waals surface area contributed by atoms with Gasteiger partial charge in [-0.25, -0.2) is 9.59 Å². The van der Waals surface area contributed by atoms with Gasteiger partial charge in [-0.05, 0) is 62.8 Å². The summed E-state index contributed by atoms with van der Waals surface area (Å²) in [5, 5.41) is 0. The van der Waals surface area contributed by atoms with Gasteiger partial charge in [0.2, 0.25) is 0 Å². The molecule has 2 aromatic rings. The van der Waals surface area contributed by atoms with E-state index in [0.29, 0.717) is 116 Å². The lowest BCUT2D eigenvalue weighted by atomic mass is 9.89. The molecule has 0 aromatic heterocycles. The second-order valence-electron chi connectivity index (χ2n) is 17.3. The molecule has 2 saturated carbocycles. The number of esters is 6. The van der Waals surface area contributed by atoms with Gasteiger partial charge >= 0.3 is 35.8 Å². The Kier molecular flexibility index (Phi) is 41.0. The monoisotopic (exact) mass is 1050 g/mol. The Morgan fingerprint density at radius 2 is 0.622 bits per heavy atom. The summed E-state index contributed by atoms with van der Waals surface area (Å²) in [5.41, 5.74) is 1.03. The highest BCUT2D eigenvalue weighted by Gasteiger charge is 2.23. The first-order valence-corrected chi connectivity index (χ1v) is 26.8. The van der Waals surface area contributed by atoms with Gasteiger partial charge in [0.05, 0.1) is 102 Å². The largest absolute Gasteiger partial charge is 0.463 e. The van der Waals surface area contributed by atoms with E-state index in [9.17, 15) is 28.8 Å². The predicted molar refractivity (Wildman–Crippen MR) is 274 cm³/mol. The van der Waals surface area contributed by atoms with Gasteiger partial charge < -0.3 is 56.8 Å². The maximum absolute atomic E-state index is 11.8. The van der Waals surface area contributed by atoms with Crippen molar-refractivity contribution in [2.45, 2.75) is 117 Å². The van der Waals surface area contributed by atoms with Crippen LogP contribution in [0.15, 0.2) is 60.7 Å². The van der Waals surface area contributed by atoms with Crippen LogP contribution in [0, 0.1) is 11.8 Å². The molecule has 0 aliphatic heterocycles. The summed E-state index contributed by atoms with van der Waals surface area (Å²) in [6, 6.07) is 17.6. The molecule has 18 nitrogen and oxygen atoms in total. The number of carbonyl (C=O) groups is 6. The van der Waals surface area contributed by atoms with Gasteiger partial charge in [-0.1, -0.05) is 102 Å². The van der Waals surface area contributed by atoms with Crippen molar-refractivity contribution in [2.24, 2.45) is 11.8 Å². The fraction of sp³-hybridized carbons (Fsp3) is 0.679. The van der Waals surface area contributed by atoms with E-state index in [2.05, 4.69) is 0 Å². The molecule has 0 heterocycles. The maximum Gasteiger partial charge on any atom is 0.338 e. The SMILES string of the molecule is CCCCC(=O)OCCOCCOCCOC(=O)CCCC.O=C(OCCOCCOCCOC(=O)C1CCCCC1)C1CCCCC1.O=C(OCCOCCOCCOC(=O)c1ccccc1)c1ccccc1. The molecule has 2 fully saturated rings. The number of unbranched alkanes of at least 4 members (excludes halogenated alkanes) is 2. The van der Waals surface area contributed by atoms with Gasteiger partial charge in [-0.15, -0.1) is 0 Å². The zero-order valence-corrected chi connectivity index (χ0v) is 44.3. The molecule has 0 bridgehead atoms. The number of rotatable bonds is 37. The Morgan fingerprint density at radius 3 is 0.919 bits per heavy atom. The minimum Gasteiger partial charge on any atom is -0.463 e. The third-order valence-corrected chi connectivity index (χ3v) is 11.3. The van der Waals surface area contributed by atoms with E-state index in [0.717, 1.165) is 77.0 Å². The van der Waals surface area contributed by atoms with Gasteiger partial charge in [0.1, 0.15) is 39.6 Å². The Morgan fingerprint density at radius 1 is 0.351 bits per heavy atom. The lowest BCUT2D eigenvalue weighted by Crippen LogP contribution is -2.23. The average Bonchev–Trinajstić information content (AvgIpc) is 3.44. The summed E-state index contributed by atoms with van der Waals surface area (Å²) >= 11 is 0. The van der Waals surface area contributed by atoms with Gasteiger partial charge in [-0.3, -0.25) is 19.2 Å². The fourth-order valence-electron chi connectivity index (χ4n) is 7.20. The van der Waals surface area contributed by atoms with Crippen LogP contribution in [-0.4, -0.2) is 155 Å². The van der Waals surface area contributed by atoms with Crippen LogP contribution < -0.4 is 0 Å². The van der Waals surface area contributed by atoms with Crippen molar-refractivity contribution >= 4 is 35.8 Å². The summed E-state index contributed by atoms with van der Waals surface area (Å²) in [4.78, 5) is 69.4. The minimum atomic E-state index is -0.370. The molecular weight excluding hydrogens is 961 g/mol. The summed E-state index contributed by atoms with van der Waals surface area (Å²) in [7, 11) is 0. The fourth-order valence-corrected chi connectivity index (χ4v) is 7.20. The van der Waals surface area contributed by atoms with E-state index < -0.39 is 0 Å². The Bertz CT molecular complexity index is 1590. The molecule has 2 aromatic carbocycles. The molecule has 418 valence electrons. The molecule has 2 aliphatic rings. The van der Waals surface area contributed by atoms with Crippen LogP contribution >= 0.6 is 0 Å². The minimum absolute atomic E-state index is 0.0793. The maximum atomic E-state index is 11.8. The lowest BCUT2D eigenvalue weighted by molar-refractivity contribution is -0.152. The molecule has 18 heteroatoms. The van der Waals surface area contributed by atoms with Crippen molar-refractivity contribution in [3.63, 3.8) is 0 Å². The highest BCUT2D eigenvalue weighted by Crippen LogP contribution is 2.25. The zero-order chi connectivity index (χ0) is 53.4. The number of ether oxygens (including phenoxy) is 12. The van der Waals surface area contributed by atoms with Crippen LogP contribution in [0.4, 0.5) is 0 Å². The van der Waals surface area contributed by atoms with Crippen LogP contribution in [-0.2, 0) is 76.0 Å². The zero-order valence-electron chi connectivity index (χ0n) is 44.3. The Balaban J connectivity index is 0.000000382. The first-order valence-electron chi connectivity index (χ1n) is 26.8. The van der Waals surface area contributed by atoms with E-state index in [1.165, 1.54) is 12.8 Å². The van der Waals surface area contributed by atoms with Crippen molar-refractivity contribution in [1.29, 1.82) is 0 Å². The Labute approximate surface area is 439 Å². The van der Waals surface area contributed by atoms with E-state index in [1.807, 2.05) is 26.0 Å². The van der Waals surface area contributed by atoms with Crippen molar-refractivity contribution in [3.05, 3.63) is 71.8 Å². The van der Waals surface area contributed by atoms with Crippen molar-refractivity contribution < 1.29 is 85.6 Å². The molecular formula is C56H86O18. The highest BCUT2D eigenvalue weighted by molar-refractivity contribution is 5.89. The van der Waals surface area contributed by atoms with Gasteiger partial charge in [0.25, 0.3) is 0 Å². The number of carbonyl (C=O) groups excluding carboxylic acids is 6. The smallest absolute Gasteiger partial charge is 0.338 e. The highest BCUT2D eigenvalue weighted by atomic mass is 16.6. The van der Waals surface area contributed by atoms with Crippen LogP contribution in [0.3, 0.4) is 0 Å². The summed E-state index contributed by atoms with van der Waals surface area (Å²) in [6.07, 6.45) is 15.4. The molecule has 74 heavy (non-hydrogen) atoms. The van der Waals surface area contributed by atoms with E-state index in [4.69, 9.17) is 56.8 Å². The third kappa shape index (κ3) is 36.0. The predicted octanol–water partition coefficient (Wildman–Crippen LogP) is 8.49. The molecule has 0 amide bonds. The van der Waals surface area contributed by atoms with E-state index >= 15 is 0 Å². The first-order chi connectivity index (χ1) is 36.2. The van der Waals surface area contributed by atoms with Crippen LogP contribution in [0.5, 0.6) is 0 Å². The molecule has 0 radical (unpaired) electrons. The Hall–Kier alpha value is -4.98. The summed E-state index contributed by atoms with van der Waals surface area (Å²) in [6.45, 7) is 10.2. The number of hydrogen-bond donors (Lipinski definition) is 0. The van der Waals surface area contributed by atoms with Crippen molar-refractivity contribution in [2.75, 3.05) is 119 Å². The van der Waals surface area contributed by atoms with Gasteiger partial charge in [0, 0.05) is 12.8 Å². The molecule has 0 spiro atoms. The summed E-state index contributed by atoms with van der Waals surface area (Å²) < 4.78 is 62.5. The molecule has 4 rings (SSSR count). The van der Waals surface area contributed by atoms with Crippen molar-refractivity contribution in [1.82, 2.24) is 0 Å². The van der Waals surface area contributed by atoms with E-state index in [-0.39, 0.29) is 74.1 Å². The molecule has 0 atom stereocenters. The second kappa shape index (κ2) is 46.5. The van der Waals surface area contributed by atoms with Gasteiger partial charge in [-0.2, -0.15) is 0 Å². The molecule has 0 unspecified atom stereocenters. The molecule has 0 saturated heterocycles. The third-order valence-electron chi connectivity index (χ3n) is 11.3. The first kappa shape index (κ1) is 65.1. The topological polar surface area (TPSA) is 213 Å². The second-order valence-corrected chi connectivity index (χ2v) is 17.3. The standard InChI is InChI=1S/C20H34O6.C20H22O6.C16H30O6/c2*21-19(17-7-3-1-4-8-17)25-15-13-23-11-12-24-14-16-26-20(22)18-9-5-2-6-10-18;1-3-5-7-15(17)21-13-11-19-9-10-20-12-14-22-16(18)8-6-4-2/h17-18H,1-16H2;1-10H,11-16H2;3-14H2,1-2H3. The number of benzene rings is 2. The molecule has 0 N–H and O–H groups in total. The van der Waals surface area contributed by atoms with Crippen LogP contribution in [0.2, 0.25) is 0 Å². The normalized spacial score (nSPS) is 13.5. The van der Waals surface area contributed by atoms with Crippen LogP contribution in [0.25, 0.3) is 0 Å². The summed E-state index contributed by atoms with van der Waals surface area (Å²) in [5.74, 6) is -1.07. The van der Waals surface area contributed by atoms with E-state index in [1.54, 1.807) is 48.5 Å².